The van der Waals surface area contributed by atoms with Crippen molar-refractivity contribution in [1.82, 2.24) is 5.43 Å². The van der Waals surface area contributed by atoms with Gasteiger partial charge >= 0.3 is 5.97 Å². The van der Waals surface area contributed by atoms with E-state index >= 15 is 0 Å². The van der Waals surface area contributed by atoms with Crippen molar-refractivity contribution in [3.8, 4) is 5.75 Å². The van der Waals surface area contributed by atoms with Crippen LogP contribution in [0.1, 0.15) is 25.3 Å². The molecule has 6 nitrogen and oxygen atoms in total. The van der Waals surface area contributed by atoms with Crippen molar-refractivity contribution in [2.24, 2.45) is 16.9 Å². The first-order chi connectivity index (χ1) is 11.6. The number of carbonyl (C=O) groups excluding carboxylic acids is 2. The Morgan fingerprint density at radius 3 is 2.62 bits per heavy atom. The lowest BCUT2D eigenvalue weighted by Gasteiger charge is -2.33. The normalized spacial score (nSPS) is 25.3. The van der Waals surface area contributed by atoms with Crippen LogP contribution in [-0.2, 0) is 14.3 Å². The molecule has 1 aliphatic heterocycles. The molecule has 1 aromatic carbocycles. The Kier molecular flexibility index (Phi) is 4.38. The van der Waals surface area contributed by atoms with E-state index < -0.39 is 11.8 Å². The Hall–Kier alpha value is -2.63. The maximum absolute atomic E-state index is 12.6. The Balaban J connectivity index is 2.07. The van der Waals surface area contributed by atoms with Gasteiger partial charge in [-0.1, -0.05) is 17.7 Å². The summed E-state index contributed by atoms with van der Waals surface area (Å²) in [6.07, 6.45) is 1.81. The number of fused-ring (bicyclic) bond motifs is 1. The zero-order chi connectivity index (χ0) is 17.3. The van der Waals surface area contributed by atoms with Crippen LogP contribution >= 0.6 is 0 Å². The second-order valence-electron chi connectivity index (χ2n) is 5.91. The molecule has 6 heteroatoms. The van der Waals surface area contributed by atoms with Crippen LogP contribution in [0.2, 0.25) is 0 Å². The predicted molar refractivity (Wildman–Crippen MR) is 88.7 cm³/mol. The quantitative estimate of drug-likeness (QED) is 0.858. The molecule has 2 aliphatic rings. The summed E-state index contributed by atoms with van der Waals surface area (Å²) in [5.41, 5.74) is 4.92. The van der Waals surface area contributed by atoms with Crippen molar-refractivity contribution in [2.75, 3.05) is 13.7 Å². The minimum absolute atomic E-state index is 0.191. The smallest absolute Gasteiger partial charge is 0.313 e. The van der Waals surface area contributed by atoms with Crippen LogP contribution in [0.4, 0.5) is 0 Å². The minimum Gasteiger partial charge on any atom is -0.497 e. The molecule has 3 unspecified atom stereocenters. The zero-order valence-corrected chi connectivity index (χ0v) is 13.9. The molecule has 1 aromatic rings. The molecule has 0 saturated heterocycles. The van der Waals surface area contributed by atoms with Gasteiger partial charge in [0.05, 0.1) is 31.3 Å². The average molecular weight is 328 g/mol. The molecule has 3 atom stereocenters. The fourth-order valence-electron chi connectivity index (χ4n) is 3.44. The lowest BCUT2D eigenvalue weighted by molar-refractivity contribution is -0.147. The summed E-state index contributed by atoms with van der Waals surface area (Å²) in [6, 6.07) is 7.43. The number of benzene rings is 1. The molecule has 24 heavy (non-hydrogen) atoms. The highest BCUT2D eigenvalue weighted by molar-refractivity contribution is 6.15. The number of hydrogen-bond acceptors (Lipinski definition) is 5. The van der Waals surface area contributed by atoms with Crippen LogP contribution in [0.25, 0.3) is 0 Å². The first kappa shape index (κ1) is 16.2. The monoisotopic (exact) mass is 328 g/mol. The van der Waals surface area contributed by atoms with Crippen molar-refractivity contribution in [1.29, 1.82) is 0 Å². The number of amides is 1. The Morgan fingerprint density at radius 1 is 1.29 bits per heavy atom. The summed E-state index contributed by atoms with van der Waals surface area (Å²) >= 11 is 0. The number of carbonyl (C=O) groups is 2. The number of hydrazone groups is 1. The Labute approximate surface area is 140 Å². The maximum atomic E-state index is 12.6. The highest BCUT2D eigenvalue weighted by Gasteiger charge is 2.47. The van der Waals surface area contributed by atoms with Crippen LogP contribution < -0.4 is 10.2 Å². The lowest BCUT2D eigenvalue weighted by atomic mass is 9.68. The van der Waals surface area contributed by atoms with E-state index in [0.29, 0.717) is 12.3 Å². The van der Waals surface area contributed by atoms with E-state index in [1.165, 1.54) is 0 Å². The molecule has 3 rings (SSSR count). The van der Waals surface area contributed by atoms with E-state index in [4.69, 9.17) is 9.47 Å². The number of rotatable bonds is 4. The summed E-state index contributed by atoms with van der Waals surface area (Å²) in [5, 5.41) is 4.10. The number of nitrogens with one attached hydrogen (secondary N) is 1. The molecular weight excluding hydrogens is 308 g/mol. The highest BCUT2D eigenvalue weighted by Crippen LogP contribution is 2.43. The summed E-state index contributed by atoms with van der Waals surface area (Å²) in [7, 11) is 1.60. The lowest BCUT2D eigenvalue weighted by Crippen LogP contribution is -2.40. The molecule has 0 fully saturated rings. The number of esters is 1. The van der Waals surface area contributed by atoms with Gasteiger partial charge in [0.15, 0.2) is 0 Å². The van der Waals surface area contributed by atoms with Crippen LogP contribution in [0.5, 0.6) is 5.75 Å². The van der Waals surface area contributed by atoms with Gasteiger partial charge in [0.1, 0.15) is 5.75 Å². The standard InChI is InChI=1S/C18H20N2O4/c1-4-24-18(22)14-10(2)9-13-16(17(21)20-19-13)15(14)11-5-7-12(23-3)8-6-11/h5-9,14-16H,4H2,1-3H3,(H,20,21). The van der Waals surface area contributed by atoms with Gasteiger partial charge in [-0.3, -0.25) is 9.59 Å². The molecular formula is C18H20N2O4. The van der Waals surface area contributed by atoms with E-state index in [0.717, 1.165) is 16.9 Å². The predicted octanol–water partition coefficient (Wildman–Crippen LogP) is 2.02. The third-order valence-corrected chi connectivity index (χ3v) is 4.52. The van der Waals surface area contributed by atoms with E-state index in [1.807, 2.05) is 37.3 Å². The van der Waals surface area contributed by atoms with Gasteiger partial charge in [0.2, 0.25) is 5.91 Å². The second-order valence-corrected chi connectivity index (χ2v) is 5.91. The van der Waals surface area contributed by atoms with Gasteiger partial charge in [-0.25, -0.2) is 5.43 Å². The van der Waals surface area contributed by atoms with Gasteiger partial charge in [0, 0.05) is 5.92 Å². The number of allylic oxidation sites excluding steroid dienone is 1. The average Bonchev–Trinajstić information content (AvgIpc) is 2.94. The molecule has 0 spiro atoms. The van der Waals surface area contributed by atoms with Crippen LogP contribution in [-0.4, -0.2) is 31.3 Å². The second kappa shape index (κ2) is 6.47. The zero-order valence-electron chi connectivity index (χ0n) is 13.9. The van der Waals surface area contributed by atoms with Crippen LogP contribution in [0.15, 0.2) is 41.0 Å². The molecule has 1 aliphatic carbocycles. The third-order valence-electron chi connectivity index (χ3n) is 4.52. The van der Waals surface area contributed by atoms with Crippen molar-refractivity contribution >= 4 is 17.6 Å². The van der Waals surface area contributed by atoms with Gasteiger partial charge < -0.3 is 9.47 Å². The minimum atomic E-state index is -0.508. The van der Waals surface area contributed by atoms with Crippen LogP contribution in [0, 0.1) is 11.8 Å². The van der Waals surface area contributed by atoms with Gasteiger partial charge in [-0.05, 0) is 37.6 Å². The van der Waals surface area contributed by atoms with E-state index in [1.54, 1.807) is 14.0 Å². The molecule has 1 amide bonds. The molecule has 1 heterocycles. The number of ether oxygens (including phenoxy) is 2. The van der Waals surface area contributed by atoms with Crippen molar-refractivity contribution < 1.29 is 19.1 Å². The van der Waals surface area contributed by atoms with Crippen molar-refractivity contribution in [3.05, 3.63) is 41.5 Å². The summed E-state index contributed by atoms with van der Waals surface area (Å²) in [6.45, 7) is 3.95. The topological polar surface area (TPSA) is 77.0 Å². The fraction of sp³-hybridized carbons (Fsp3) is 0.389. The number of hydrogen-bond donors (Lipinski definition) is 1. The molecule has 0 aromatic heterocycles. The summed E-state index contributed by atoms with van der Waals surface area (Å²) < 4.78 is 10.4. The SMILES string of the molecule is CCOC(=O)C1C(C)=CC2=NNC(=O)C2C1c1ccc(OC)cc1. The Morgan fingerprint density at radius 2 is 2.00 bits per heavy atom. The third kappa shape index (κ3) is 2.68. The highest BCUT2D eigenvalue weighted by atomic mass is 16.5. The fourth-order valence-corrected chi connectivity index (χ4v) is 3.44. The maximum Gasteiger partial charge on any atom is 0.313 e. The van der Waals surface area contributed by atoms with Crippen molar-refractivity contribution in [2.45, 2.75) is 19.8 Å². The van der Waals surface area contributed by atoms with Gasteiger partial charge in [0.25, 0.3) is 0 Å². The van der Waals surface area contributed by atoms with E-state index in [9.17, 15) is 9.59 Å². The molecule has 0 saturated carbocycles. The van der Waals surface area contributed by atoms with Gasteiger partial charge in [-0.15, -0.1) is 0 Å². The van der Waals surface area contributed by atoms with Crippen molar-refractivity contribution in [3.63, 3.8) is 0 Å². The summed E-state index contributed by atoms with van der Waals surface area (Å²) in [5.74, 6) is -1.13. The number of methoxy groups -OCH3 is 1. The van der Waals surface area contributed by atoms with E-state index in [-0.39, 0.29) is 17.8 Å². The molecule has 0 bridgehead atoms. The van der Waals surface area contributed by atoms with Crippen LogP contribution in [0.3, 0.4) is 0 Å². The first-order valence-corrected chi connectivity index (χ1v) is 7.93. The van der Waals surface area contributed by atoms with Gasteiger partial charge in [-0.2, -0.15) is 5.10 Å². The largest absolute Gasteiger partial charge is 0.497 e. The number of nitrogens with zero attached hydrogens (tertiary/aromatic N) is 1. The van der Waals surface area contributed by atoms with E-state index in [2.05, 4.69) is 10.5 Å². The molecule has 1 N–H and O–H groups in total. The first-order valence-electron chi connectivity index (χ1n) is 7.93. The summed E-state index contributed by atoms with van der Waals surface area (Å²) in [4.78, 5) is 24.9. The Bertz CT molecular complexity index is 721. The molecule has 0 radical (unpaired) electrons. The molecule has 126 valence electrons.